The summed E-state index contributed by atoms with van der Waals surface area (Å²) in [6.45, 7) is 5.39. The third kappa shape index (κ3) is 3.51. The molecule has 1 unspecified atom stereocenters. The number of carboxylic acid groups (broad SMARTS) is 1. The average Bonchev–Trinajstić information content (AvgIpc) is 1.98. The molecule has 0 saturated heterocycles. The molecule has 0 saturated carbocycles. The van der Waals surface area contributed by atoms with Crippen molar-refractivity contribution < 1.29 is 14.7 Å². The number of hydrogen-bond donors (Lipinski definition) is 1. The van der Waals surface area contributed by atoms with Gasteiger partial charge in [-0.25, -0.2) is 0 Å². The summed E-state index contributed by atoms with van der Waals surface area (Å²) < 4.78 is 0. The summed E-state index contributed by atoms with van der Waals surface area (Å²) in [5, 5.41) is 8.74. The quantitative estimate of drug-likeness (QED) is 0.686. The highest BCUT2D eigenvalue weighted by Crippen LogP contribution is 2.16. The standard InChI is InChI=1S/C9H16O3/c1-4-7(10)5-8(6(2)3)9(11)12/h6,8H,4-5H2,1-3H3,(H,11,12). The van der Waals surface area contributed by atoms with Gasteiger partial charge in [-0.15, -0.1) is 0 Å². The normalized spacial score (nSPS) is 13.0. The number of Topliss-reactive ketones (excluding diaryl/α,β-unsaturated/α-hetero) is 1. The van der Waals surface area contributed by atoms with E-state index in [4.69, 9.17) is 5.11 Å². The molecule has 0 rings (SSSR count). The van der Waals surface area contributed by atoms with Crippen molar-refractivity contribution in [3.63, 3.8) is 0 Å². The largest absolute Gasteiger partial charge is 0.481 e. The number of hydrogen-bond acceptors (Lipinski definition) is 2. The predicted molar refractivity (Wildman–Crippen MR) is 45.9 cm³/mol. The van der Waals surface area contributed by atoms with Gasteiger partial charge in [0.25, 0.3) is 0 Å². The molecule has 0 aromatic rings. The molecular formula is C9H16O3. The van der Waals surface area contributed by atoms with E-state index in [9.17, 15) is 9.59 Å². The van der Waals surface area contributed by atoms with Gasteiger partial charge in [0.15, 0.2) is 0 Å². The number of carboxylic acids is 1. The molecule has 0 aliphatic rings. The Bertz CT molecular complexity index is 173. The minimum Gasteiger partial charge on any atom is -0.481 e. The number of carbonyl (C=O) groups excluding carboxylic acids is 1. The molecule has 3 nitrogen and oxygen atoms in total. The van der Waals surface area contributed by atoms with Crippen LogP contribution in [-0.4, -0.2) is 16.9 Å². The first-order valence-electron chi connectivity index (χ1n) is 4.23. The lowest BCUT2D eigenvalue weighted by Crippen LogP contribution is -2.22. The molecule has 12 heavy (non-hydrogen) atoms. The molecular weight excluding hydrogens is 156 g/mol. The fourth-order valence-electron chi connectivity index (χ4n) is 0.998. The first kappa shape index (κ1) is 11.1. The maximum atomic E-state index is 11.0. The molecule has 0 heterocycles. The van der Waals surface area contributed by atoms with Gasteiger partial charge in [0.05, 0.1) is 5.92 Å². The molecule has 1 N–H and O–H groups in total. The molecule has 1 atom stereocenters. The topological polar surface area (TPSA) is 54.4 Å². The Kier molecular flexibility index (Phi) is 4.55. The molecule has 3 heteroatoms. The molecule has 70 valence electrons. The van der Waals surface area contributed by atoms with Crippen LogP contribution in [0.3, 0.4) is 0 Å². The third-order valence-electron chi connectivity index (χ3n) is 1.96. The van der Waals surface area contributed by atoms with Crippen LogP contribution in [0.4, 0.5) is 0 Å². The highest BCUT2D eigenvalue weighted by atomic mass is 16.4. The summed E-state index contributed by atoms with van der Waals surface area (Å²) in [5.41, 5.74) is 0. The van der Waals surface area contributed by atoms with Crippen LogP contribution in [0, 0.1) is 11.8 Å². The number of ketones is 1. The van der Waals surface area contributed by atoms with Gasteiger partial charge < -0.3 is 5.11 Å². The molecule has 0 aliphatic heterocycles. The lowest BCUT2D eigenvalue weighted by atomic mass is 9.90. The summed E-state index contributed by atoms with van der Waals surface area (Å²) in [4.78, 5) is 21.6. The van der Waals surface area contributed by atoms with Gasteiger partial charge in [-0.1, -0.05) is 20.8 Å². The first-order chi connectivity index (χ1) is 5.49. The van der Waals surface area contributed by atoms with Crippen LogP contribution in [0.5, 0.6) is 0 Å². The lowest BCUT2D eigenvalue weighted by Gasteiger charge is -2.14. The van der Waals surface area contributed by atoms with Gasteiger partial charge >= 0.3 is 5.97 Å². The van der Waals surface area contributed by atoms with Crippen LogP contribution < -0.4 is 0 Å². The summed E-state index contributed by atoms with van der Waals surface area (Å²) in [5.74, 6) is -1.33. The SMILES string of the molecule is CCC(=O)CC(C(=O)O)C(C)C. The number of aliphatic carboxylic acids is 1. The van der Waals surface area contributed by atoms with Crippen molar-refractivity contribution in [1.82, 2.24) is 0 Å². The second-order valence-electron chi connectivity index (χ2n) is 3.29. The van der Waals surface area contributed by atoms with E-state index in [0.717, 1.165) is 0 Å². The molecule has 0 spiro atoms. The minimum atomic E-state index is -0.869. The number of carbonyl (C=O) groups is 2. The Hall–Kier alpha value is -0.860. The zero-order valence-electron chi connectivity index (χ0n) is 7.83. The van der Waals surface area contributed by atoms with E-state index in [1.54, 1.807) is 6.92 Å². The van der Waals surface area contributed by atoms with Crippen molar-refractivity contribution in [3.05, 3.63) is 0 Å². The van der Waals surface area contributed by atoms with Crippen LogP contribution in [0.2, 0.25) is 0 Å². The fourth-order valence-corrected chi connectivity index (χ4v) is 0.998. The predicted octanol–water partition coefficient (Wildman–Crippen LogP) is 1.71. The van der Waals surface area contributed by atoms with E-state index in [1.165, 1.54) is 0 Å². The van der Waals surface area contributed by atoms with Gasteiger partial charge in [0.1, 0.15) is 5.78 Å². The van der Waals surface area contributed by atoms with E-state index < -0.39 is 11.9 Å². The van der Waals surface area contributed by atoms with E-state index in [0.29, 0.717) is 6.42 Å². The average molecular weight is 172 g/mol. The summed E-state index contributed by atoms with van der Waals surface area (Å²) >= 11 is 0. The second-order valence-corrected chi connectivity index (χ2v) is 3.29. The number of rotatable bonds is 5. The molecule has 0 aromatic heterocycles. The van der Waals surface area contributed by atoms with Gasteiger partial charge in [-0.2, -0.15) is 0 Å². The van der Waals surface area contributed by atoms with Gasteiger partial charge in [0, 0.05) is 12.8 Å². The molecule has 0 aromatic carbocycles. The molecule has 0 amide bonds. The van der Waals surface area contributed by atoms with E-state index in [-0.39, 0.29) is 18.1 Å². The zero-order valence-corrected chi connectivity index (χ0v) is 7.83. The van der Waals surface area contributed by atoms with E-state index in [1.807, 2.05) is 13.8 Å². The van der Waals surface area contributed by atoms with Gasteiger partial charge in [0.2, 0.25) is 0 Å². The highest BCUT2D eigenvalue weighted by Gasteiger charge is 2.23. The highest BCUT2D eigenvalue weighted by molar-refractivity contribution is 5.83. The Morgan fingerprint density at radius 2 is 1.83 bits per heavy atom. The smallest absolute Gasteiger partial charge is 0.307 e. The maximum Gasteiger partial charge on any atom is 0.307 e. The maximum absolute atomic E-state index is 11.0. The zero-order chi connectivity index (χ0) is 9.72. The van der Waals surface area contributed by atoms with Crippen LogP contribution in [0.25, 0.3) is 0 Å². The summed E-state index contributed by atoms with van der Waals surface area (Å²) in [7, 11) is 0. The summed E-state index contributed by atoms with van der Waals surface area (Å²) in [6, 6.07) is 0. The van der Waals surface area contributed by atoms with Crippen LogP contribution in [-0.2, 0) is 9.59 Å². The van der Waals surface area contributed by atoms with Crippen molar-refractivity contribution in [1.29, 1.82) is 0 Å². The lowest BCUT2D eigenvalue weighted by molar-refractivity contribution is -0.145. The molecule has 0 fully saturated rings. The first-order valence-corrected chi connectivity index (χ1v) is 4.23. The summed E-state index contributed by atoms with van der Waals surface area (Å²) in [6.07, 6.45) is 0.597. The Balaban J connectivity index is 4.14. The van der Waals surface area contributed by atoms with Gasteiger partial charge in [-0.05, 0) is 5.92 Å². The molecule has 0 bridgehead atoms. The third-order valence-corrected chi connectivity index (χ3v) is 1.96. The van der Waals surface area contributed by atoms with Crippen LogP contribution in [0.15, 0.2) is 0 Å². The molecule has 0 radical (unpaired) electrons. The van der Waals surface area contributed by atoms with Crippen molar-refractivity contribution in [2.75, 3.05) is 0 Å². The van der Waals surface area contributed by atoms with Crippen LogP contribution in [0.1, 0.15) is 33.6 Å². The van der Waals surface area contributed by atoms with Crippen LogP contribution >= 0.6 is 0 Å². The van der Waals surface area contributed by atoms with E-state index in [2.05, 4.69) is 0 Å². The van der Waals surface area contributed by atoms with Crippen molar-refractivity contribution in [3.8, 4) is 0 Å². The van der Waals surface area contributed by atoms with Gasteiger partial charge in [-0.3, -0.25) is 9.59 Å². The molecule has 0 aliphatic carbocycles. The van der Waals surface area contributed by atoms with Crippen molar-refractivity contribution >= 4 is 11.8 Å². The van der Waals surface area contributed by atoms with Crippen molar-refractivity contribution in [2.24, 2.45) is 11.8 Å². The van der Waals surface area contributed by atoms with Crippen molar-refractivity contribution in [2.45, 2.75) is 33.6 Å². The Morgan fingerprint density at radius 3 is 2.08 bits per heavy atom. The Morgan fingerprint density at radius 1 is 1.33 bits per heavy atom. The van der Waals surface area contributed by atoms with E-state index >= 15 is 0 Å². The monoisotopic (exact) mass is 172 g/mol. The Labute approximate surface area is 72.8 Å². The minimum absolute atomic E-state index is 0.0242. The fraction of sp³-hybridized carbons (Fsp3) is 0.778. The second kappa shape index (κ2) is 4.91.